The zero-order valence-corrected chi connectivity index (χ0v) is 8.88. The van der Waals surface area contributed by atoms with E-state index in [0.717, 1.165) is 16.3 Å². The lowest BCUT2D eigenvalue weighted by Gasteiger charge is -2.01. The first kappa shape index (κ1) is 10.6. The van der Waals surface area contributed by atoms with E-state index in [4.69, 9.17) is 0 Å². The third-order valence-corrected chi connectivity index (χ3v) is 1.99. The molecule has 1 N–H and O–H groups in total. The maximum Gasteiger partial charge on any atom is 0.0308 e. The van der Waals surface area contributed by atoms with Gasteiger partial charge in [-0.3, -0.25) is 0 Å². The Labute approximate surface area is 85.1 Å². The Morgan fingerprint density at radius 2 is 1.79 bits per heavy atom. The Bertz CT molecular complexity index is 401. The van der Waals surface area contributed by atoms with Crippen LogP contribution < -0.4 is 10.6 Å². The second-order valence-corrected chi connectivity index (χ2v) is 3.70. The van der Waals surface area contributed by atoms with Crippen LogP contribution in [0.15, 0.2) is 30.3 Å². The molecule has 0 bridgehead atoms. The summed E-state index contributed by atoms with van der Waals surface area (Å²) in [6.45, 7) is 12.1. The van der Waals surface area contributed by atoms with Crippen LogP contribution in [0.5, 0.6) is 0 Å². The summed E-state index contributed by atoms with van der Waals surface area (Å²) in [5.41, 5.74) is 1.15. The molecule has 0 spiro atoms. The Morgan fingerprint density at radius 1 is 1.14 bits per heavy atom. The average Bonchev–Trinajstić information content (AvgIpc) is 2.17. The second kappa shape index (κ2) is 4.66. The molecule has 1 aromatic heterocycles. The zero-order valence-electron chi connectivity index (χ0n) is 8.88. The van der Waals surface area contributed by atoms with Crippen LogP contribution in [0.4, 0.5) is 0 Å². The maximum atomic E-state index is 3.95. The average molecular weight is 187 g/mol. The fraction of sp³-hybridized carbons (Fsp3) is 0.231. The second-order valence-electron chi connectivity index (χ2n) is 3.70. The number of hydrogen-bond acceptors (Lipinski definition) is 0. The highest BCUT2D eigenvalue weighted by atomic mass is 14.7. The van der Waals surface area contributed by atoms with Gasteiger partial charge in [0.15, 0.2) is 0 Å². The van der Waals surface area contributed by atoms with Crippen LogP contribution >= 0.6 is 0 Å². The van der Waals surface area contributed by atoms with Crippen LogP contribution in [-0.2, 0) is 0 Å². The van der Waals surface area contributed by atoms with Gasteiger partial charge in [0.05, 0.1) is 0 Å². The van der Waals surface area contributed by atoms with Gasteiger partial charge in [0.25, 0.3) is 0 Å². The van der Waals surface area contributed by atoms with Crippen molar-refractivity contribution in [2.24, 2.45) is 0 Å². The van der Waals surface area contributed by atoms with Crippen molar-refractivity contribution in [3.05, 3.63) is 46.6 Å². The van der Waals surface area contributed by atoms with Gasteiger partial charge in [0.2, 0.25) is 0 Å². The van der Waals surface area contributed by atoms with Crippen LogP contribution in [0.1, 0.15) is 25.5 Å². The topological polar surface area (TPSA) is 15.8 Å². The van der Waals surface area contributed by atoms with Crippen molar-refractivity contribution in [3.8, 4) is 0 Å². The van der Waals surface area contributed by atoms with Crippen molar-refractivity contribution in [2.45, 2.75) is 19.8 Å². The van der Waals surface area contributed by atoms with Gasteiger partial charge in [-0.05, 0) is 23.3 Å². The maximum absolute atomic E-state index is 3.95. The summed E-state index contributed by atoms with van der Waals surface area (Å²) < 4.78 is 0. The summed E-state index contributed by atoms with van der Waals surface area (Å²) in [7, 11) is 0. The minimum absolute atomic E-state index is 0.448. The molecule has 1 heteroatoms. The lowest BCUT2D eigenvalue weighted by atomic mass is 10.1. The summed E-state index contributed by atoms with van der Waals surface area (Å²) in [5.74, 6) is 0.448. The van der Waals surface area contributed by atoms with Crippen LogP contribution in [0.2, 0.25) is 0 Å². The van der Waals surface area contributed by atoms with Crippen LogP contribution in [0.3, 0.4) is 0 Å². The third-order valence-electron chi connectivity index (χ3n) is 1.99. The van der Waals surface area contributed by atoms with Crippen molar-refractivity contribution in [2.75, 3.05) is 0 Å². The van der Waals surface area contributed by atoms with Crippen LogP contribution in [0, 0.1) is 0 Å². The quantitative estimate of drug-likeness (QED) is 0.693. The van der Waals surface area contributed by atoms with E-state index >= 15 is 0 Å². The fourth-order valence-electron chi connectivity index (χ4n) is 1.17. The van der Waals surface area contributed by atoms with E-state index in [1.54, 1.807) is 0 Å². The molecule has 0 amide bonds. The molecule has 0 aliphatic heterocycles. The molecule has 1 nitrogen and oxygen atoms in total. The molecule has 0 saturated heterocycles. The molecule has 1 aromatic rings. The van der Waals surface area contributed by atoms with Gasteiger partial charge < -0.3 is 4.98 Å². The van der Waals surface area contributed by atoms with Crippen molar-refractivity contribution in [1.82, 2.24) is 4.98 Å². The summed E-state index contributed by atoms with van der Waals surface area (Å²) in [6.07, 6.45) is 0. The molecule has 0 aliphatic carbocycles. The SMILES string of the molecule is C=c1ccccc(=C)[nH]c(C(C)C)c1. The van der Waals surface area contributed by atoms with Crippen molar-refractivity contribution >= 4 is 13.2 Å². The summed E-state index contributed by atoms with van der Waals surface area (Å²) in [4.78, 5) is 3.27. The Balaban J connectivity index is 3.54. The van der Waals surface area contributed by atoms with Crippen LogP contribution in [-0.4, -0.2) is 4.98 Å². The molecule has 0 aromatic carbocycles. The Hall–Kier alpha value is -1.50. The molecule has 0 fully saturated rings. The molecular formula is C13H17N. The van der Waals surface area contributed by atoms with Gasteiger partial charge in [-0.1, -0.05) is 45.2 Å². The third kappa shape index (κ3) is 3.09. The highest BCUT2D eigenvalue weighted by Crippen LogP contribution is 2.05. The summed E-state index contributed by atoms with van der Waals surface area (Å²) in [5, 5.41) is 1.91. The number of H-pyrrole nitrogens is 1. The molecule has 0 unspecified atom stereocenters. The van der Waals surface area contributed by atoms with Crippen molar-refractivity contribution in [1.29, 1.82) is 0 Å². The number of nitrogens with one attached hydrogen (secondary N) is 1. The first-order valence-electron chi connectivity index (χ1n) is 4.81. The van der Waals surface area contributed by atoms with E-state index in [1.165, 1.54) is 0 Å². The molecule has 0 atom stereocenters. The van der Waals surface area contributed by atoms with Crippen molar-refractivity contribution in [3.63, 3.8) is 0 Å². The highest BCUT2D eigenvalue weighted by molar-refractivity contribution is 5.13. The predicted molar refractivity (Wildman–Crippen MR) is 62.8 cm³/mol. The molecule has 74 valence electrons. The minimum Gasteiger partial charge on any atom is -0.359 e. The monoisotopic (exact) mass is 187 g/mol. The number of rotatable bonds is 1. The van der Waals surface area contributed by atoms with E-state index in [0.29, 0.717) is 5.92 Å². The van der Waals surface area contributed by atoms with E-state index in [2.05, 4.69) is 38.1 Å². The lowest BCUT2D eigenvalue weighted by Crippen LogP contribution is -2.06. The van der Waals surface area contributed by atoms with Gasteiger partial charge in [-0.2, -0.15) is 0 Å². The van der Waals surface area contributed by atoms with Gasteiger partial charge in [0, 0.05) is 11.0 Å². The smallest absolute Gasteiger partial charge is 0.0308 e. The van der Waals surface area contributed by atoms with E-state index in [9.17, 15) is 0 Å². The van der Waals surface area contributed by atoms with Gasteiger partial charge in [-0.25, -0.2) is 0 Å². The molecule has 0 radical (unpaired) electrons. The molecule has 1 rings (SSSR count). The predicted octanol–water partition coefficient (Wildman–Crippen LogP) is 2.08. The molecular weight excluding hydrogens is 170 g/mol. The number of aromatic amines is 1. The Kier molecular flexibility index (Phi) is 3.52. The first-order chi connectivity index (χ1) is 6.59. The van der Waals surface area contributed by atoms with E-state index < -0.39 is 0 Å². The highest BCUT2D eigenvalue weighted by Gasteiger charge is 1.94. The van der Waals surface area contributed by atoms with E-state index in [1.807, 2.05) is 24.3 Å². The normalized spacial score (nSPS) is 9.93. The number of aromatic nitrogens is 1. The number of hydrogen-bond donors (Lipinski definition) is 1. The van der Waals surface area contributed by atoms with E-state index in [-0.39, 0.29) is 0 Å². The molecule has 0 saturated carbocycles. The minimum atomic E-state index is 0.448. The largest absolute Gasteiger partial charge is 0.359 e. The van der Waals surface area contributed by atoms with Gasteiger partial charge in [0.1, 0.15) is 0 Å². The van der Waals surface area contributed by atoms with Crippen molar-refractivity contribution < 1.29 is 0 Å². The fourth-order valence-corrected chi connectivity index (χ4v) is 1.17. The molecule has 14 heavy (non-hydrogen) atoms. The Morgan fingerprint density at radius 3 is 2.43 bits per heavy atom. The standard InChI is InChI=1S/C13H17N/c1-10(2)13-9-11(3)7-5-6-8-12(4)14-13/h5-10,14H,3-4H2,1-2H3. The van der Waals surface area contributed by atoms with Gasteiger partial charge >= 0.3 is 0 Å². The molecule has 1 heterocycles. The van der Waals surface area contributed by atoms with Crippen LogP contribution in [0.25, 0.3) is 13.2 Å². The summed E-state index contributed by atoms with van der Waals surface area (Å²) in [6, 6.07) is 9.91. The first-order valence-corrected chi connectivity index (χ1v) is 4.81. The zero-order chi connectivity index (χ0) is 10.6. The lowest BCUT2D eigenvalue weighted by molar-refractivity contribution is 0.820. The molecule has 0 aliphatic rings. The summed E-state index contributed by atoms with van der Waals surface area (Å²) >= 11 is 0. The van der Waals surface area contributed by atoms with Gasteiger partial charge in [-0.15, -0.1) is 0 Å².